The molecule has 6 heteroatoms. The fourth-order valence-electron chi connectivity index (χ4n) is 1.42. The maximum Gasteiger partial charge on any atom is 0.255 e. The largest absolute Gasteiger partial charge is 0.341 e. The predicted octanol–water partition coefficient (Wildman–Crippen LogP) is 1.50. The minimum atomic E-state index is -0.395. The van der Waals surface area contributed by atoms with Crippen molar-refractivity contribution in [3.63, 3.8) is 0 Å². The second-order valence-corrected chi connectivity index (χ2v) is 4.78. The first-order valence-corrected chi connectivity index (χ1v) is 6.13. The van der Waals surface area contributed by atoms with Crippen LogP contribution in [-0.2, 0) is 4.79 Å². The highest BCUT2D eigenvalue weighted by Gasteiger charge is 2.27. The Labute approximate surface area is 102 Å². The molecule has 1 N–H and O–H groups in total. The van der Waals surface area contributed by atoms with E-state index >= 15 is 0 Å². The van der Waals surface area contributed by atoms with E-state index in [0.717, 1.165) is 5.75 Å². The second-order valence-electron chi connectivity index (χ2n) is 3.32. The third kappa shape index (κ3) is 2.36. The van der Waals surface area contributed by atoms with Gasteiger partial charge in [0.2, 0.25) is 5.12 Å². The molecule has 4 nitrogen and oxygen atoms in total. The van der Waals surface area contributed by atoms with E-state index in [2.05, 4.69) is 10.3 Å². The van der Waals surface area contributed by atoms with Crippen molar-refractivity contribution in [1.29, 1.82) is 0 Å². The molecule has 0 aromatic carbocycles. The topological polar surface area (TPSA) is 59.1 Å². The fourth-order valence-corrected chi connectivity index (χ4v) is 2.56. The van der Waals surface area contributed by atoms with Gasteiger partial charge in [-0.05, 0) is 18.6 Å². The summed E-state index contributed by atoms with van der Waals surface area (Å²) in [4.78, 5) is 26.9. The zero-order valence-corrected chi connectivity index (χ0v) is 9.85. The molecular weight excluding hydrogens is 248 g/mol. The van der Waals surface area contributed by atoms with Crippen LogP contribution in [0.1, 0.15) is 16.8 Å². The number of aromatic nitrogens is 1. The van der Waals surface area contributed by atoms with Gasteiger partial charge in [-0.1, -0.05) is 23.4 Å². The maximum atomic E-state index is 11.8. The summed E-state index contributed by atoms with van der Waals surface area (Å²) in [5.41, 5.74) is 0.300. The molecule has 0 aliphatic carbocycles. The first kappa shape index (κ1) is 11.4. The minimum Gasteiger partial charge on any atom is -0.341 e. The molecule has 84 valence electrons. The molecule has 2 heterocycles. The van der Waals surface area contributed by atoms with Crippen LogP contribution in [0.2, 0.25) is 5.15 Å². The van der Waals surface area contributed by atoms with Crippen LogP contribution >= 0.6 is 23.4 Å². The standard InChI is InChI=1S/C10H9ClN2O2S/c11-8-6(2-1-4-12-8)9(14)13-7-3-5-16-10(7)15/h1-2,4,7H,3,5H2,(H,13,14). The average molecular weight is 257 g/mol. The summed E-state index contributed by atoms with van der Waals surface area (Å²) in [6.07, 6.45) is 2.18. The number of hydrogen-bond acceptors (Lipinski definition) is 4. The first-order chi connectivity index (χ1) is 7.68. The summed E-state index contributed by atoms with van der Waals surface area (Å²) < 4.78 is 0. The van der Waals surface area contributed by atoms with Gasteiger partial charge in [0, 0.05) is 11.9 Å². The van der Waals surface area contributed by atoms with Crippen molar-refractivity contribution in [2.75, 3.05) is 5.75 Å². The number of amides is 1. The molecule has 1 fully saturated rings. The molecule has 1 aromatic heterocycles. The third-order valence-electron chi connectivity index (χ3n) is 2.24. The highest BCUT2D eigenvalue weighted by Crippen LogP contribution is 2.20. The van der Waals surface area contributed by atoms with Crippen LogP contribution in [0.4, 0.5) is 0 Å². The molecule has 1 aliphatic rings. The zero-order valence-electron chi connectivity index (χ0n) is 8.27. The lowest BCUT2D eigenvalue weighted by Crippen LogP contribution is -2.37. The van der Waals surface area contributed by atoms with Crippen LogP contribution in [0, 0.1) is 0 Å². The molecule has 1 amide bonds. The summed E-state index contributed by atoms with van der Waals surface area (Å²) in [5, 5.41) is 2.81. The molecule has 1 unspecified atom stereocenters. The van der Waals surface area contributed by atoms with Gasteiger partial charge in [-0.2, -0.15) is 0 Å². The van der Waals surface area contributed by atoms with Gasteiger partial charge in [0.25, 0.3) is 5.91 Å². The molecule has 2 rings (SSSR count). The van der Waals surface area contributed by atoms with E-state index in [9.17, 15) is 9.59 Å². The Morgan fingerprint density at radius 2 is 2.44 bits per heavy atom. The Morgan fingerprint density at radius 3 is 3.06 bits per heavy atom. The van der Waals surface area contributed by atoms with Gasteiger partial charge < -0.3 is 5.32 Å². The number of nitrogens with one attached hydrogen (secondary N) is 1. The molecule has 0 bridgehead atoms. The molecule has 1 saturated heterocycles. The van der Waals surface area contributed by atoms with Gasteiger partial charge in [-0.15, -0.1) is 0 Å². The van der Waals surface area contributed by atoms with E-state index in [0.29, 0.717) is 12.0 Å². The number of hydrogen-bond donors (Lipinski definition) is 1. The Morgan fingerprint density at radius 1 is 1.62 bits per heavy atom. The lowest BCUT2D eigenvalue weighted by Gasteiger charge is -2.10. The molecule has 0 saturated carbocycles. The molecule has 1 aliphatic heterocycles. The van der Waals surface area contributed by atoms with Gasteiger partial charge in [0.1, 0.15) is 5.15 Å². The Hall–Kier alpha value is -1.07. The smallest absolute Gasteiger partial charge is 0.255 e. The van der Waals surface area contributed by atoms with Crippen LogP contribution in [0.25, 0.3) is 0 Å². The van der Waals surface area contributed by atoms with Gasteiger partial charge in [0.15, 0.2) is 0 Å². The van der Waals surface area contributed by atoms with Crippen LogP contribution in [0.3, 0.4) is 0 Å². The van der Waals surface area contributed by atoms with E-state index in [-0.39, 0.29) is 16.2 Å². The summed E-state index contributed by atoms with van der Waals surface area (Å²) in [6, 6.07) is 2.82. The average Bonchev–Trinajstić information content (AvgIpc) is 2.65. The number of carbonyl (C=O) groups excluding carboxylic acids is 2. The van der Waals surface area contributed by atoms with Crippen LogP contribution in [0.5, 0.6) is 0 Å². The zero-order chi connectivity index (χ0) is 11.5. The van der Waals surface area contributed by atoms with Gasteiger partial charge in [-0.25, -0.2) is 4.98 Å². The maximum absolute atomic E-state index is 11.8. The summed E-state index contributed by atoms with van der Waals surface area (Å²) in [7, 11) is 0. The Balaban J connectivity index is 2.09. The molecule has 1 aromatic rings. The van der Waals surface area contributed by atoms with Crippen molar-refractivity contribution in [3.8, 4) is 0 Å². The van der Waals surface area contributed by atoms with Gasteiger partial charge in [-0.3, -0.25) is 9.59 Å². The monoisotopic (exact) mass is 256 g/mol. The Kier molecular flexibility index (Phi) is 3.46. The van der Waals surface area contributed by atoms with E-state index in [1.54, 1.807) is 12.1 Å². The number of pyridine rings is 1. The van der Waals surface area contributed by atoms with Crippen molar-refractivity contribution in [3.05, 3.63) is 29.0 Å². The highest BCUT2D eigenvalue weighted by atomic mass is 35.5. The quantitative estimate of drug-likeness (QED) is 0.815. The summed E-state index contributed by atoms with van der Waals surface area (Å²) >= 11 is 7.02. The summed E-state index contributed by atoms with van der Waals surface area (Å²) in [5.74, 6) is 0.406. The highest BCUT2D eigenvalue weighted by molar-refractivity contribution is 8.14. The predicted molar refractivity (Wildman–Crippen MR) is 62.6 cm³/mol. The molecule has 0 radical (unpaired) electrons. The molecule has 0 spiro atoms. The summed E-state index contributed by atoms with van der Waals surface area (Å²) in [6.45, 7) is 0. The van der Waals surface area contributed by atoms with E-state index in [1.165, 1.54) is 18.0 Å². The minimum absolute atomic E-state index is 0.00774. The van der Waals surface area contributed by atoms with Crippen molar-refractivity contribution in [1.82, 2.24) is 10.3 Å². The SMILES string of the molecule is O=C(NC1CCSC1=O)c1cccnc1Cl. The number of thioether (sulfide) groups is 1. The third-order valence-corrected chi connectivity index (χ3v) is 3.55. The first-order valence-electron chi connectivity index (χ1n) is 4.76. The lowest BCUT2D eigenvalue weighted by molar-refractivity contribution is -0.112. The van der Waals surface area contributed by atoms with Crippen molar-refractivity contribution < 1.29 is 9.59 Å². The second kappa shape index (κ2) is 4.84. The number of carbonyl (C=O) groups is 2. The molecular formula is C10H9ClN2O2S. The van der Waals surface area contributed by atoms with Crippen LogP contribution in [-0.4, -0.2) is 27.8 Å². The number of rotatable bonds is 2. The molecule has 16 heavy (non-hydrogen) atoms. The van der Waals surface area contributed by atoms with Crippen LogP contribution < -0.4 is 5.32 Å². The fraction of sp³-hybridized carbons (Fsp3) is 0.300. The van der Waals surface area contributed by atoms with E-state index < -0.39 is 6.04 Å². The van der Waals surface area contributed by atoms with Gasteiger partial charge >= 0.3 is 0 Å². The van der Waals surface area contributed by atoms with E-state index in [4.69, 9.17) is 11.6 Å². The van der Waals surface area contributed by atoms with Crippen LogP contribution in [0.15, 0.2) is 18.3 Å². The van der Waals surface area contributed by atoms with Crippen molar-refractivity contribution >= 4 is 34.4 Å². The number of nitrogens with zero attached hydrogens (tertiary/aromatic N) is 1. The van der Waals surface area contributed by atoms with Gasteiger partial charge in [0.05, 0.1) is 11.6 Å². The van der Waals surface area contributed by atoms with E-state index in [1.807, 2.05) is 0 Å². The molecule has 1 atom stereocenters. The Bertz CT molecular complexity index is 439. The van der Waals surface area contributed by atoms with Crippen molar-refractivity contribution in [2.45, 2.75) is 12.5 Å². The normalized spacial score (nSPS) is 19.8. The number of halogens is 1. The lowest BCUT2D eigenvalue weighted by atomic mass is 10.2. The van der Waals surface area contributed by atoms with Crippen molar-refractivity contribution in [2.24, 2.45) is 0 Å².